The van der Waals surface area contributed by atoms with Gasteiger partial charge in [-0.15, -0.1) is 11.3 Å². The lowest BCUT2D eigenvalue weighted by Gasteiger charge is -2.36. The summed E-state index contributed by atoms with van der Waals surface area (Å²) in [6.07, 6.45) is 3.32. The number of phenolic OH excluding ortho intramolecular Hbond substituents is 2. The van der Waals surface area contributed by atoms with Gasteiger partial charge in [0, 0.05) is 126 Å². The van der Waals surface area contributed by atoms with E-state index in [9.17, 15) is 19.8 Å². The van der Waals surface area contributed by atoms with Crippen molar-refractivity contribution in [1.82, 2.24) is 39.5 Å². The van der Waals surface area contributed by atoms with Crippen LogP contribution in [0.5, 0.6) is 11.5 Å². The summed E-state index contributed by atoms with van der Waals surface area (Å²) in [7, 11) is 0. The SMILES string of the molecule is CC(C)c1cc(C(=O)N2Cc3ccc(CN4CCN(c5ccc(C(=O)N6CCN(Cc7cc8nc(-c9cnc(N)nc9)nc(N9CCOCC9)c8s7)CC6)cc5)CC4)cc3C2)c(O)cc1O. The van der Waals surface area contributed by atoms with Gasteiger partial charge < -0.3 is 40.3 Å². The van der Waals surface area contributed by atoms with Crippen molar-refractivity contribution < 1.29 is 24.5 Å². The van der Waals surface area contributed by atoms with Crippen LogP contribution in [0.25, 0.3) is 21.6 Å². The number of fused-ring (bicyclic) bond motifs is 2. The highest BCUT2D eigenvalue weighted by atomic mass is 32.1. The van der Waals surface area contributed by atoms with E-state index < -0.39 is 0 Å². The number of carbonyl (C=O) groups is 2. The summed E-state index contributed by atoms with van der Waals surface area (Å²) in [5.41, 5.74) is 13.5. The number of carbonyl (C=O) groups excluding carboxylic acids is 2. The third kappa shape index (κ3) is 9.07. The fraction of sp³-hybridized carbons (Fsp3) is 0.388. The Balaban J connectivity index is 0.704. The molecule has 0 saturated carbocycles. The van der Waals surface area contributed by atoms with E-state index in [1.807, 2.05) is 30.9 Å². The highest BCUT2D eigenvalue weighted by Crippen LogP contribution is 2.37. The molecule has 3 fully saturated rings. The van der Waals surface area contributed by atoms with Gasteiger partial charge in [-0.2, -0.15) is 0 Å². The van der Waals surface area contributed by atoms with E-state index in [1.54, 1.807) is 34.7 Å². The number of piperazine rings is 2. The lowest BCUT2D eigenvalue weighted by Crippen LogP contribution is -2.48. The standard InChI is InChI=1S/C49H55N11O5S/c1-31(2)39-23-40(43(62)24-42(39)61)48(64)60-28-34-4-3-32(21-35(34)29-60)27-55-9-13-57(14-10-55)37-7-5-33(6-8-37)47(63)59-15-11-56(12-16-59)30-38-22-41-44(66-38)46(58-17-19-65-20-18-58)54-45(53-41)36-25-51-49(50)52-26-36/h3-8,21-26,31,61-62H,9-20,27-30H2,1-2H3,(H2,50,51,52). The van der Waals surface area contributed by atoms with Crippen molar-refractivity contribution in [1.29, 1.82) is 0 Å². The molecule has 342 valence electrons. The minimum absolute atomic E-state index is 0.000240. The molecule has 66 heavy (non-hydrogen) atoms. The van der Waals surface area contributed by atoms with E-state index >= 15 is 0 Å². The van der Waals surface area contributed by atoms with E-state index in [-0.39, 0.29) is 40.7 Å². The minimum atomic E-state index is -0.239. The maximum Gasteiger partial charge on any atom is 0.258 e. The summed E-state index contributed by atoms with van der Waals surface area (Å²) in [6.45, 7) is 15.8. The molecule has 0 spiro atoms. The second-order valence-corrected chi connectivity index (χ2v) is 19.1. The number of phenols is 2. The Kier molecular flexibility index (Phi) is 12.2. The van der Waals surface area contributed by atoms with Crippen LogP contribution in [0.1, 0.15) is 67.6 Å². The lowest BCUT2D eigenvalue weighted by molar-refractivity contribution is 0.0629. The summed E-state index contributed by atoms with van der Waals surface area (Å²) >= 11 is 1.73. The van der Waals surface area contributed by atoms with Gasteiger partial charge in [0.2, 0.25) is 5.95 Å². The molecule has 2 amide bonds. The number of aromatic nitrogens is 4. The summed E-state index contributed by atoms with van der Waals surface area (Å²) in [6, 6.07) is 19.6. The van der Waals surface area contributed by atoms with Crippen LogP contribution in [-0.2, 0) is 30.9 Å². The zero-order chi connectivity index (χ0) is 45.5. The maximum atomic E-state index is 13.7. The number of anilines is 3. The van der Waals surface area contributed by atoms with E-state index in [0.29, 0.717) is 61.9 Å². The van der Waals surface area contributed by atoms with Gasteiger partial charge in [-0.05, 0) is 64.6 Å². The number of aromatic hydroxyl groups is 2. The first-order valence-corrected chi connectivity index (χ1v) is 23.6. The van der Waals surface area contributed by atoms with Crippen LogP contribution >= 0.6 is 11.3 Å². The molecule has 7 heterocycles. The van der Waals surface area contributed by atoms with Gasteiger partial charge in [-0.25, -0.2) is 19.9 Å². The Hall–Kier alpha value is -6.40. The third-order valence-corrected chi connectivity index (χ3v) is 14.3. The molecule has 3 aromatic carbocycles. The van der Waals surface area contributed by atoms with Gasteiger partial charge >= 0.3 is 0 Å². The number of nitrogens with zero attached hydrogens (tertiary/aromatic N) is 10. The van der Waals surface area contributed by atoms with Gasteiger partial charge in [0.15, 0.2) is 11.6 Å². The molecular formula is C49H55N11O5S. The molecule has 0 aliphatic carbocycles. The number of nitrogens with two attached hydrogens (primary N) is 1. The van der Waals surface area contributed by atoms with Crippen molar-refractivity contribution in [3.05, 3.63) is 111 Å². The van der Waals surface area contributed by atoms with Crippen LogP contribution in [0.4, 0.5) is 17.5 Å². The molecule has 10 rings (SSSR count). The zero-order valence-electron chi connectivity index (χ0n) is 37.4. The molecule has 0 radical (unpaired) electrons. The van der Waals surface area contributed by atoms with Crippen molar-refractivity contribution >= 4 is 50.8 Å². The van der Waals surface area contributed by atoms with Crippen LogP contribution in [0, 0.1) is 0 Å². The van der Waals surface area contributed by atoms with Gasteiger partial charge in [-0.1, -0.05) is 32.0 Å². The highest BCUT2D eigenvalue weighted by Gasteiger charge is 2.29. The Morgan fingerprint density at radius 3 is 2.15 bits per heavy atom. The second-order valence-electron chi connectivity index (χ2n) is 18.0. The van der Waals surface area contributed by atoms with Crippen molar-refractivity contribution in [2.75, 3.05) is 94.2 Å². The number of thiophene rings is 1. The minimum Gasteiger partial charge on any atom is -0.508 e. The second kappa shape index (κ2) is 18.5. The van der Waals surface area contributed by atoms with Crippen molar-refractivity contribution in [3.63, 3.8) is 0 Å². The monoisotopic (exact) mass is 909 g/mol. The summed E-state index contributed by atoms with van der Waals surface area (Å²) in [5, 5.41) is 20.8. The van der Waals surface area contributed by atoms with Gasteiger partial charge in [-0.3, -0.25) is 19.4 Å². The van der Waals surface area contributed by atoms with Crippen molar-refractivity contribution in [2.24, 2.45) is 0 Å². The van der Waals surface area contributed by atoms with Crippen LogP contribution in [0.3, 0.4) is 0 Å². The predicted octanol–water partition coefficient (Wildman–Crippen LogP) is 5.54. The summed E-state index contributed by atoms with van der Waals surface area (Å²) < 4.78 is 6.69. The number of benzene rings is 3. The molecule has 3 aromatic heterocycles. The Morgan fingerprint density at radius 1 is 0.727 bits per heavy atom. The molecule has 0 bridgehead atoms. The van der Waals surface area contributed by atoms with E-state index in [4.69, 9.17) is 20.4 Å². The van der Waals surface area contributed by atoms with Gasteiger partial charge in [0.1, 0.15) is 11.5 Å². The maximum absolute atomic E-state index is 13.7. The first-order valence-electron chi connectivity index (χ1n) is 22.8. The van der Waals surface area contributed by atoms with Crippen LogP contribution in [0.15, 0.2) is 73.1 Å². The number of nitrogen functional groups attached to an aromatic ring is 1. The fourth-order valence-electron chi connectivity index (χ4n) is 9.45. The molecular weight excluding hydrogens is 855 g/mol. The molecule has 0 atom stereocenters. The number of hydrogen-bond donors (Lipinski definition) is 3. The quantitative estimate of drug-likeness (QED) is 0.156. The van der Waals surface area contributed by atoms with Gasteiger partial charge in [0.25, 0.3) is 11.8 Å². The number of hydrogen-bond acceptors (Lipinski definition) is 15. The average Bonchev–Trinajstić information content (AvgIpc) is 3.96. The third-order valence-electron chi connectivity index (χ3n) is 13.2. The van der Waals surface area contributed by atoms with E-state index in [1.165, 1.54) is 16.5 Å². The molecule has 4 aliphatic rings. The van der Waals surface area contributed by atoms with Crippen molar-refractivity contribution in [3.8, 4) is 22.9 Å². The molecule has 17 heteroatoms. The smallest absolute Gasteiger partial charge is 0.258 e. The normalized spacial score (nSPS) is 17.3. The largest absolute Gasteiger partial charge is 0.508 e. The average molecular weight is 910 g/mol. The van der Waals surface area contributed by atoms with Crippen LogP contribution in [0.2, 0.25) is 0 Å². The van der Waals surface area contributed by atoms with Crippen molar-refractivity contribution in [2.45, 2.75) is 45.9 Å². The molecule has 3 saturated heterocycles. The summed E-state index contributed by atoms with van der Waals surface area (Å²) in [5.74, 6) is 1.33. The number of morpholine rings is 1. The lowest BCUT2D eigenvalue weighted by atomic mass is 9.98. The topological polar surface area (TPSA) is 181 Å². The molecule has 0 unspecified atom stereocenters. The number of rotatable bonds is 10. The van der Waals surface area contributed by atoms with E-state index in [0.717, 1.165) is 98.3 Å². The Bertz CT molecular complexity index is 2740. The molecule has 4 aliphatic heterocycles. The van der Waals surface area contributed by atoms with E-state index in [2.05, 4.69) is 66.0 Å². The molecule has 6 aromatic rings. The first kappa shape index (κ1) is 43.5. The molecule has 4 N–H and O–H groups in total. The zero-order valence-corrected chi connectivity index (χ0v) is 38.2. The number of ether oxygens (including phenoxy) is 1. The van der Waals surface area contributed by atoms with Gasteiger partial charge in [0.05, 0.1) is 34.6 Å². The number of amides is 2. The highest BCUT2D eigenvalue weighted by molar-refractivity contribution is 7.19. The van der Waals surface area contributed by atoms with Crippen LogP contribution in [-0.4, -0.2) is 140 Å². The van der Waals surface area contributed by atoms with Crippen LogP contribution < -0.4 is 15.5 Å². The fourth-order valence-corrected chi connectivity index (χ4v) is 10.6. The first-order chi connectivity index (χ1) is 32.0. The summed E-state index contributed by atoms with van der Waals surface area (Å²) in [4.78, 5) is 59.9. The Labute approximate surface area is 387 Å². The molecule has 16 nitrogen and oxygen atoms in total. The Morgan fingerprint density at radius 2 is 1.42 bits per heavy atom. The predicted molar refractivity (Wildman–Crippen MR) is 255 cm³/mol.